The average Bonchev–Trinajstić information content (AvgIpc) is 2.28. The molecule has 7 nitrogen and oxygen atoms in total. The lowest BCUT2D eigenvalue weighted by Gasteiger charge is -2.38. The lowest BCUT2D eigenvalue weighted by molar-refractivity contribution is -0.205. The van der Waals surface area contributed by atoms with E-state index in [2.05, 4.69) is 0 Å². The summed E-state index contributed by atoms with van der Waals surface area (Å²) in [6, 6.07) is 0. The van der Waals surface area contributed by atoms with E-state index in [1.54, 1.807) is 0 Å². The van der Waals surface area contributed by atoms with Crippen molar-refractivity contribution in [3.8, 4) is 0 Å². The Balaban J connectivity index is 2.82. The Morgan fingerprint density at radius 2 is 1.70 bits per heavy atom. The van der Waals surface area contributed by atoms with Crippen LogP contribution >= 0.6 is 11.6 Å². The predicted octanol–water partition coefficient (Wildman–Crippen LogP) is 0.767. The quantitative estimate of drug-likeness (QED) is 0.430. The molecule has 0 N–H and O–H groups in total. The fourth-order valence-corrected chi connectivity index (χ4v) is 2.19. The molecule has 1 fully saturated rings. The zero-order valence-corrected chi connectivity index (χ0v) is 12.2. The molecule has 0 aromatic rings. The average molecular weight is 309 g/mol. The smallest absolute Gasteiger partial charge is 0.303 e. The van der Waals surface area contributed by atoms with Crippen LogP contribution in [0.1, 0.15) is 27.2 Å². The molecular weight excluding hydrogens is 292 g/mol. The number of carbonyl (C=O) groups excluding carboxylic acids is 3. The minimum atomic E-state index is -0.870. The number of carbonyl (C=O) groups is 3. The minimum absolute atomic E-state index is 0.145. The molecule has 1 saturated heterocycles. The number of ether oxygens (including phenoxy) is 4. The van der Waals surface area contributed by atoms with Gasteiger partial charge in [-0.1, -0.05) is 11.6 Å². The van der Waals surface area contributed by atoms with Gasteiger partial charge in [-0.25, -0.2) is 0 Å². The molecule has 0 spiro atoms. The van der Waals surface area contributed by atoms with Gasteiger partial charge in [0.25, 0.3) is 0 Å². The van der Waals surface area contributed by atoms with Crippen LogP contribution in [-0.4, -0.2) is 48.4 Å². The normalized spacial score (nSPS) is 29.4. The van der Waals surface area contributed by atoms with Gasteiger partial charge in [0.1, 0.15) is 24.4 Å². The van der Waals surface area contributed by atoms with Crippen LogP contribution in [0.3, 0.4) is 0 Å². The summed E-state index contributed by atoms with van der Waals surface area (Å²) in [5, 5.41) is 0. The molecule has 8 heteroatoms. The van der Waals surface area contributed by atoms with Crippen LogP contribution in [0.25, 0.3) is 0 Å². The Morgan fingerprint density at radius 1 is 1.10 bits per heavy atom. The number of hydrogen-bond donors (Lipinski definition) is 0. The highest BCUT2D eigenvalue weighted by Crippen LogP contribution is 2.27. The van der Waals surface area contributed by atoms with Crippen molar-refractivity contribution in [2.24, 2.45) is 0 Å². The van der Waals surface area contributed by atoms with E-state index < -0.39 is 41.8 Å². The first-order valence-corrected chi connectivity index (χ1v) is 6.50. The first-order chi connectivity index (χ1) is 9.29. The standard InChI is InChI=1S/C12H17ClO7/c1-6(14)17-5-10-12(19-8(3)16)9(18-7(2)15)4-11(13)20-10/h9-12H,4-5H2,1-3H3/t9-,10?,11+,12-/m1/s1. The molecule has 0 aliphatic carbocycles. The second-order valence-electron chi connectivity index (χ2n) is 4.34. The van der Waals surface area contributed by atoms with E-state index in [0.29, 0.717) is 0 Å². The number of hydrogen-bond acceptors (Lipinski definition) is 7. The first kappa shape index (κ1) is 16.7. The fourth-order valence-electron chi connectivity index (χ4n) is 1.88. The van der Waals surface area contributed by atoms with Gasteiger partial charge in [-0.2, -0.15) is 0 Å². The predicted molar refractivity (Wildman–Crippen MR) is 66.9 cm³/mol. The van der Waals surface area contributed by atoms with Crippen LogP contribution in [0.15, 0.2) is 0 Å². The molecule has 0 aromatic heterocycles. The maximum atomic E-state index is 11.1. The van der Waals surface area contributed by atoms with Gasteiger partial charge in [0.2, 0.25) is 0 Å². The van der Waals surface area contributed by atoms with Crippen molar-refractivity contribution in [3.63, 3.8) is 0 Å². The highest BCUT2D eigenvalue weighted by atomic mass is 35.5. The fraction of sp³-hybridized carbons (Fsp3) is 0.750. The van der Waals surface area contributed by atoms with Crippen LogP contribution < -0.4 is 0 Å². The largest absolute Gasteiger partial charge is 0.463 e. The Kier molecular flexibility index (Phi) is 6.22. The van der Waals surface area contributed by atoms with E-state index in [1.807, 2.05) is 0 Å². The van der Waals surface area contributed by atoms with Crippen molar-refractivity contribution in [1.29, 1.82) is 0 Å². The van der Waals surface area contributed by atoms with Crippen molar-refractivity contribution in [1.82, 2.24) is 0 Å². The van der Waals surface area contributed by atoms with E-state index in [4.69, 9.17) is 30.5 Å². The Hall–Kier alpha value is -1.34. The lowest BCUT2D eigenvalue weighted by Crippen LogP contribution is -2.52. The molecule has 1 rings (SSSR count). The third kappa shape index (κ3) is 5.34. The van der Waals surface area contributed by atoms with E-state index in [9.17, 15) is 14.4 Å². The molecule has 1 aliphatic rings. The zero-order chi connectivity index (χ0) is 15.3. The van der Waals surface area contributed by atoms with E-state index in [-0.39, 0.29) is 13.0 Å². The highest BCUT2D eigenvalue weighted by molar-refractivity contribution is 6.19. The lowest BCUT2D eigenvalue weighted by atomic mass is 10.0. The van der Waals surface area contributed by atoms with Crippen LogP contribution in [0, 0.1) is 0 Å². The molecule has 1 aliphatic heterocycles. The van der Waals surface area contributed by atoms with Crippen LogP contribution in [0.4, 0.5) is 0 Å². The molecule has 0 bridgehead atoms. The van der Waals surface area contributed by atoms with E-state index >= 15 is 0 Å². The van der Waals surface area contributed by atoms with Gasteiger partial charge in [-0.3, -0.25) is 14.4 Å². The third-order valence-corrected chi connectivity index (χ3v) is 2.82. The van der Waals surface area contributed by atoms with Crippen molar-refractivity contribution in [2.75, 3.05) is 6.61 Å². The Labute approximate surface area is 121 Å². The first-order valence-electron chi connectivity index (χ1n) is 6.07. The summed E-state index contributed by atoms with van der Waals surface area (Å²) in [6.07, 6.45) is -2.22. The molecule has 4 atom stereocenters. The zero-order valence-electron chi connectivity index (χ0n) is 11.5. The molecule has 0 aromatic carbocycles. The van der Waals surface area contributed by atoms with Gasteiger partial charge in [0.05, 0.1) is 0 Å². The molecule has 0 amide bonds. The maximum Gasteiger partial charge on any atom is 0.303 e. The second kappa shape index (κ2) is 7.44. The topological polar surface area (TPSA) is 88.1 Å². The summed E-state index contributed by atoms with van der Waals surface area (Å²) in [4.78, 5) is 33.1. The summed E-state index contributed by atoms with van der Waals surface area (Å²) < 4.78 is 20.4. The summed E-state index contributed by atoms with van der Waals surface area (Å²) in [5.41, 5.74) is -0.730. The summed E-state index contributed by atoms with van der Waals surface area (Å²) in [7, 11) is 0. The minimum Gasteiger partial charge on any atom is -0.463 e. The van der Waals surface area contributed by atoms with Crippen molar-refractivity contribution in [3.05, 3.63) is 0 Å². The van der Waals surface area contributed by atoms with Crippen molar-refractivity contribution < 1.29 is 33.3 Å². The van der Waals surface area contributed by atoms with Crippen molar-refractivity contribution in [2.45, 2.75) is 51.1 Å². The SMILES string of the molecule is CC(=O)OCC1O[C@H](Cl)C[C@@H](OC(C)=O)[C@H]1OC(C)=O. The van der Waals surface area contributed by atoms with E-state index in [0.717, 1.165) is 0 Å². The molecular formula is C12H17ClO7. The number of esters is 3. The third-order valence-electron chi connectivity index (χ3n) is 2.54. The van der Waals surface area contributed by atoms with E-state index in [1.165, 1.54) is 20.8 Å². The summed E-state index contributed by atoms with van der Waals surface area (Å²) >= 11 is 5.91. The van der Waals surface area contributed by atoms with Gasteiger partial charge in [-0.05, 0) is 0 Å². The highest BCUT2D eigenvalue weighted by Gasteiger charge is 2.43. The van der Waals surface area contributed by atoms with Gasteiger partial charge in [-0.15, -0.1) is 0 Å². The molecule has 1 unspecified atom stereocenters. The summed E-state index contributed by atoms with van der Waals surface area (Å²) in [6.45, 7) is 3.56. The Bertz CT molecular complexity index is 384. The van der Waals surface area contributed by atoms with Gasteiger partial charge in [0, 0.05) is 27.2 Å². The van der Waals surface area contributed by atoms with Crippen molar-refractivity contribution >= 4 is 29.5 Å². The monoisotopic (exact) mass is 308 g/mol. The number of halogens is 1. The Morgan fingerprint density at radius 3 is 2.20 bits per heavy atom. The molecule has 1 heterocycles. The van der Waals surface area contributed by atoms with Crippen LogP contribution in [-0.2, 0) is 33.3 Å². The maximum absolute atomic E-state index is 11.1. The van der Waals surface area contributed by atoms with Gasteiger partial charge in [0.15, 0.2) is 6.10 Å². The van der Waals surface area contributed by atoms with Gasteiger partial charge < -0.3 is 18.9 Å². The number of rotatable bonds is 4. The van der Waals surface area contributed by atoms with Crippen LogP contribution in [0.2, 0.25) is 0 Å². The number of alkyl halides is 1. The molecule has 114 valence electrons. The molecule has 0 radical (unpaired) electrons. The molecule has 0 saturated carbocycles. The summed E-state index contributed by atoms with van der Waals surface area (Å²) in [5.74, 6) is -1.59. The molecule has 20 heavy (non-hydrogen) atoms. The van der Waals surface area contributed by atoms with Crippen LogP contribution in [0.5, 0.6) is 0 Å². The second-order valence-corrected chi connectivity index (χ2v) is 4.83. The van der Waals surface area contributed by atoms with Gasteiger partial charge >= 0.3 is 17.9 Å².